The monoisotopic (exact) mass is 358 g/mol. The maximum atomic E-state index is 11.6. The summed E-state index contributed by atoms with van der Waals surface area (Å²) in [6.45, 7) is 9.40. The maximum Gasteiger partial charge on any atom is 0.219 e. The summed E-state index contributed by atoms with van der Waals surface area (Å²) >= 11 is 1.87. The van der Waals surface area contributed by atoms with Gasteiger partial charge in [0, 0.05) is 44.4 Å². The first-order valence-electron chi connectivity index (χ1n) is 9.38. The molecule has 2 aromatic rings. The molecule has 0 aromatic carbocycles. The highest BCUT2D eigenvalue weighted by Gasteiger charge is 2.27. The third-order valence-electron chi connectivity index (χ3n) is 5.52. The van der Waals surface area contributed by atoms with Crippen molar-refractivity contribution < 1.29 is 4.79 Å². The molecule has 1 unspecified atom stereocenters. The second-order valence-electron chi connectivity index (χ2n) is 7.34. The molecule has 2 aromatic heterocycles. The van der Waals surface area contributed by atoms with Gasteiger partial charge in [-0.2, -0.15) is 0 Å². The van der Waals surface area contributed by atoms with E-state index in [2.05, 4.69) is 18.7 Å². The van der Waals surface area contributed by atoms with E-state index in [1.807, 2.05) is 16.2 Å². The van der Waals surface area contributed by atoms with Crippen LogP contribution in [0, 0.1) is 5.92 Å². The number of nitrogens with zero attached hydrogens (tertiary/aromatic N) is 4. The average Bonchev–Trinajstić information content (AvgIpc) is 2.98. The molecule has 0 bridgehead atoms. The van der Waals surface area contributed by atoms with E-state index in [1.165, 1.54) is 28.7 Å². The molecule has 3 heterocycles. The fourth-order valence-corrected chi connectivity index (χ4v) is 5.38. The number of piperazine rings is 1. The number of rotatable bonds is 2. The Labute approximate surface area is 153 Å². The topological polar surface area (TPSA) is 49.3 Å². The second kappa shape index (κ2) is 6.56. The van der Waals surface area contributed by atoms with Crippen molar-refractivity contribution in [1.82, 2.24) is 14.9 Å². The number of thiophene rings is 1. The van der Waals surface area contributed by atoms with E-state index >= 15 is 0 Å². The van der Waals surface area contributed by atoms with Crippen LogP contribution >= 0.6 is 11.3 Å². The van der Waals surface area contributed by atoms with Crippen molar-refractivity contribution in [2.45, 2.75) is 46.5 Å². The molecule has 1 amide bonds. The van der Waals surface area contributed by atoms with Gasteiger partial charge in [-0.25, -0.2) is 9.97 Å². The summed E-state index contributed by atoms with van der Waals surface area (Å²) in [5.41, 5.74) is 1.49. The van der Waals surface area contributed by atoms with Crippen molar-refractivity contribution in [2.24, 2.45) is 5.92 Å². The number of fused-ring (bicyclic) bond motifs is 3. The highest BCUT2D eigenvalue weighted by molar-refractivity contribution is 7.19. The minimum absolute atomic E-state index is 0.170. The van der Waals surface area contributed by atoms with E-state index in [0.717, 1.165) is 61.4 Å². The molecule has 1 atom stereocenters. The molecule has 0 spiro atoms. The predicted molar refractivity (Wildman–Crippen MR) is 102 cm³/mol. The van der Waals surface area contributed by atoms with Crippen LogP contribution in [0.3, 0.4) is 0 Å². The van der Waals surface area contributed by atoms with Gasteiger partial charge in [0.25, 0.3) is 0 Å². The van der Waals surface area contributed by atoms with Gasteiger partial charge in [-0.05, 0) is 30.7 Å². The Morgan fingerprint density at radius 3 is 2.68 bits per heavy atom. The zero-order valence-corrected chi connectivity index (χ0v) is 16.2. The lowest BCUT2D eigenvalue weighted by Crippen LogP contribution is -2.48. The Hall–Kier alpha value is -1.69. The summed E-state index contributed by atoms with van der Waals surface area (Å²) in [5.74, 6) is 2.98. The molecule has 1 saturated heterocycles. The minimum atomic E-state index is 0.170. The first kappa shape index (κ1) is 16.8. The molecule has 1 aliphatic carbocycles. The van der Waals surface area contributed by atoms with Gasteiger partial charge < -0.3 is 9.80 Å². The number of hydrogen-bond donors (Lipinski definition) is 0. The summed E-state index contributed by atoms with van der Waals surface area (Å²) in [6.07, 6.45) is 4.43. The summed E-state index contributed by atoms with van der Waals surface area (Å²) in [6, 6.07) is 0. The highest BCUT2D eigenvalue weighted by atomic mass is 32.1. The Kier molecular flexibility index (Phi) is 4.40. The molecule has 0 N–H and O–H groups in total. The summed E-state index contributed by atoms with van der Waals surface area (Å²) in [5, 5.41) is 1.29. The van der Waals surface area contributed by atoms with Gasteiger partial charge in [0.1, 0.15) is 16.5 Å². The molecule has 134 valence electrons. The van der Waals surface area contributed by atoms with Crippen molar-refractivity contribution >= 4 is 33.3 Å². The number of carbonyl (C=O) groups excluding carboxylic acids is 1. The largest absolute Gasteiger partial charge is 0.352 e. The van der Waals surface area contributed by atoms with Crippen LogP contribution in [0.15, 0.2) is 0 Å². The quantitative estimate of drug-likeness (QED) is 0.828. The lowest BCUT2D eigenvalue weighted by molar-refractivity contribution is -0.129. The molecule has 5 nitrogen and oxygen atoms in total. The zero-order chi connectivity index (χ0) is 17.6. The summed E-state index contributed by atoms with van der Waals surface area (Å²) < 4.78 is 0. The predicted octanol–water partition coefficient (Wildman–Crippen LogP) is 3.05. The van der Waals surface area contributed by atoms with Crippen molar-refractivity contribution in [3.63, 3.8) is 0 Å². The Bertz CT molecular complexity index is 807. The maximum absolute atomic E-state index is 11.6. The van der Waals surface area contributed by atoms with Crippen molar-refractivity contribution in [3.05, 3.63) is 16.3 Å². The van der Waals surface area contributed by atoms with E-state index < -0.39 is 0 Å². The first-order chi connectivity index (χ1) is 12.1. The average molecular weight is 359 g/mol. The number of carbonyl (C=O) groups is 1. The van der Waals surface area contributed by atoms with Crippen molar-refractivity contribution in [3.8, 4) is 0 Å². The smallest absolute Gasteiger partial charge is 0.219 e. The van der Waals surface area contributed by atoms with E-state index in [1.54, 1.807) is 6.92 Å². The fourth-order valence-electron chi connectivity index (χ4n) is 3.99. The van der Waals surface area contributed by atoms with E-state index in [-0.39, 0.29) is 5.91 Å². The lowest BCUT2D eigenvalue weighted by atomic mass is 9.89. The van der Waals surface area contributed by atoms with Crippen LogP contribution in [-0.4, -0.2) is 47.0 Å². The summed E-state index contributed by atoms with van der Waals surface area (Å²) in [7, 11) is 0. The molecule has 0 saturated carbocycles. The zero-order valence-electron chi connectivity index (χ0n) is 15.3. The van der Waals surface area contributed by atoms with Crippen molar-refractivity contribution in [2.75, 3.05) is 31.1 Å². The van der Waals surface area contributed by atoms with Crippen LogP contribution in [0.25, 0.3) is 10.2 Å². The van der Waals surface area contributed by atoms with Gasteiger partial charge in [-0.1, -0.05) is 13.8 Å². The standard InChI is InChI=1S/C19H26N4OS/c1-4-16-20-18(23-9-7-22(8-10-23)13(3)24)17-14-6-5-12(2)11-15(14)25-19(17)21-16/h12H,4-11H2,1-3H3. The van der Waals surface area contributed by atoms with Crippen molar-refractivity contribution in [1.29, 1.82) is 0 Å². The van der Waals surface area contributed by atoms with Gasteiger partial charge in [0.2, 0.25) is 5.91 Å². The number of aryl methyl sites for hydroxylation is 2. The van der Waals surface area contributed by atoms with E-state index in [0.29, 0.717) is 0 Å². The number of anilines is 1. The van der Waals surface area contributed by atoms with Gasteiger partial charge in [-0.3, -0.25) is 4.79 Å². The van der Waals surface area contributed by atoms with Gasteiger partial charge in [0.05, 0.1) is 5.39 Å². The highest BCUT2D eigenvalue weighted by Crippen LogP contribution is 2.41. The fraction of sp³-hybridized carbons (Fsp3) is 0.632. The Morgan fingerprint density at radius 2 is 2.00 bits per heavy atom. The third-order valence-corrected chi connectivity index (χ3v) is 6.67. The molecule has 0 radical (unpaired) electrons. The van der Waals surface area contributed by atoms with E-state index in [4.69, 9.17) is 9.97 Å². The van der Waals surface area contributed by atoms with Crippen LogP contribution in [0.1, 0.15) is 43.5 Å². The molecular weight excluding hydrogens is 332 g/mol. The molecule has 1 fully saturated rings. The van der Waals surface area contributed by atoms with Gasteiger partial charge in [-0.15, -0.1) is 11.3 Å². The number of aromatic nitrogens is 2. The van der Waals surface area contributed by atoms with E-state index in [9.17, 15) is 4.79 Å². The summed E-state index contributed by atoms with van der Waals surface area (Å²) in [4.78, 5) is 28.4. The van der Waals surface area contributed by atoms with Gasteiger partial charge in [0.15, 0.2) is 0 Å². The third kappa shape index (κ3) is 3.01. The molecule has 6 heteroatoms. The normalized spacial score (nSPS) is 20.8. The molecule has 1 aliphatic heterocycles. The first-order valence-corrected chi connectivity index (χ1v) is 10.2. The Morgan fingerprint density at radius 1 is 1.24 bits per heavy atom. The van der Waals surface area contributed by atoms with Crippen LogP contribution in [0.2, 0.25) is 0 Å². The molecule has 2 aliphatic rings. The number of hydrogen-bond acceptors (Lipinski definition) is 5. The Balaban J connectivity index is 1.76. The lowest BCUT2D eigenvalue weighted by Gasteiger charge is -2.35. The molecular formula is C19H26N4OS. The number of amides is 1. The molecule has 4 rings (SSSR count). The minimum Gasteiger partial charge on any atom is -0.352 e. The SMILES string of the molecule is CCc1nc(N2CCN(C(C)=O)CC2)c2c3c(sc2n1)CC(C)CC3. The second-order valence-corrected chi connectivity index (χ2v) is 8.43. The van der Waals surface area contributed by atoms with Crippen LogP contribution in [0.5, 0.6) is 0 Å². The van der Waals surface area contributed by atoms with Crippen LogP contribution in [0.4, 0.5) is 5.82 Å². The van der Waals surface area contributed by atoms with Gasteiger partial charge >= 0.3 is 0 Å². The van der Waals surface area contributed by atoms with Crippen LogP contribution in [-0.2, 0) is 24.1 Å². The molecule has 25 heavy (non-hydrogen) atoms. The van der Waals surface area contributed by atoms with Crippen LogP contribution < -0.4 is 4.90 Å².